The Labute approximate surface area is 219 Å². The Bertz CT molecular complexity index is 1580. The molecule has 4 heterocycles. The minimum Gasteiger partial charge on any atom is -0.437 e. The van der Waals surface area contributed by atoms with Gasteiger partial charge in [-0.1, -0.05) is 17.5 Å². The summed E-state index contributed by atoms with van der Waals surface area (Å²) in [7, 11) is 0. The molecule has 4 aromatic rings. The Kier molecular flexibility index (Phi) is 5.93. The van der Waals surface area contributed by atoms with Crippen LogP contribution in [0.4, 0.5) is 5.95 Å². The first-order chi connectivity index (χ1) is 18.0. The molecule has 1 aromatic carbocycles. The third-order valence-corrected chi connectivity index (χ3v) is 7.21. The van der Waals surface area contributed by atoms with Crippen LogP contribution in [0, 0.1) is 11.8 Å². The molecular weight excluding hydrogens is 488 g/mol. The van der Waals surface area contributed by atoms with E-state index in [4.69, 9.17) is 27.1 Å². The smallest absolute Gasteiger partial charge is 0.298 e. The predicted octanol–water partition coefficient (Wildman–Crippen LogP) is 5.04. The van der Waals surface area contributed by atoms with Gasteiger partial charge in [-0.25, -0.2) is 15.0 Å². The van der Waals surface area contributed by atoms with E-state index in [-0.39, 0.29) is 11.8 Å². The average molecular weight is 513 g/mol. The fraction of sp³-hybridized carbons (Fsp3) is 0.286. The van der Waals surface area contributed by atoms with Gasteiger partial charge in [-0.3, -0.25) is 9.20 Å². The standard InChI is InChI=1S/C28H25ClN6O2/c1-2-3-25(36)34-13-10-20(16-34)26-22-9-12-32-28(30)35(22)27(33-26)19-6-7-23(21(29)14-19)37-24-15-18(8-11-31-24)17-4-5-17/h6-9,11-12,14-15,17,20H,4-5,10,13,16H2,1H3,(H2,30,32). The minimum absolute atomic E-state index is 0.0658. The lowest BCUT2D eigenvalue weighted by atomic mass is 10.0. The number of amides is 1. The zero-order valence-electron chi connectivity index (χ0n) is 20.3. The zero-order valence-corrected chi connectivity index (χ0v) is 21.1. The highest BCUT2D eigenvalue weighted by molar-refractivity contribution is 6.32. The third-order valence-electron chi connectivity index (χ3n) is 6.92. The van der Waals surface area contributed by atoms with Crippen LogP contribution in [-0.4, -0.2) is 43.2 Å². The fourth-order valence-corrected chi connectivity index (χ4v) is 5.14. The van der Waals surface area contributed by atoms with Crippen molar-refractivity contribution in [3.63, 3.8) is 0 Å². The Balaban J connectivity index is 1.32. The van der Waals surface area contributed by atoms with Gasteiger partial charge in [-0.15, -0.1) is 0 Å². The quantitative estimate of drug-likeness (QED) is 0.376. The van der Waals surface area contributed by atoms with E-state index in [2.05, 4.69) is 21.8 Å². The van der Waals surface area contributed by atoms with Crippen LogP contribution in [0.1, 0.15) is 49.3 Å². The van der Waals surface area contributed by atoms with E-state index in [1.807, 2.05) is 40.8 Å². The zero-order chi connectivity index (χ0) is 25.5. The fourth-order valence-electron chi connectivity index (χ4n) is 4.92. The summed E-state index contributed by atoms with van der Waals surface area (Å²) in [6.07, 6.45) is 6.66. The van der Waals surface area contributed by atoms with Crippen LogP contribution < -0.4 is 10.5 Å². The van der Waals surface area contributed by atoms with Crippen molar-refractivity contribution >= 4 is 29.0 Å². The number of pyridine rings is 1. The lowest BCUT2D eigenvalue weighted by Gasteiger charge is -2.12. The number of hydrogen-bond acceptors (Lipinski definition) is 6. The first-order valence-corrected chi connectivity index (χ1v) is 12.7. The number of nitrogens with zero attached hydrogens (tertiary/aromatic N) is 5. The largest absolute Gasteiger partial charge is 0.437 e. The summed E-state index contributed by atoms with van der Waals surface area (Å²) < 4.78 is 7.85. The maximum absolute atomic E-state index is 12.3. The van der Waals surface area contributed by atoms with Gasteiger partial charge in [0.1, 0.15) is 11.6 Å². The first kappa shape index (κ1) is 23.3. The number of aromatic nitrogens is 4. The monoisotopic (exact) mass is 512 g/mol. The van der Waals surface area contributed by atoms with Crippen molar-refractivity contribution < 1.29 is 9.53 Å². The Morgan fingerprint density at radius 2 is 1.95 bits per heavy atom. The van der Waals surface area contributed by atoms with Gasteiger partial charge in [0.2, 0.25) is 11.8 Å². The summed E-state index contributed by atoms with van der Waals surface area (Å²) in [5, 5.41) is 0.438. The summed E-state index contributed by atoms with van der Waals surface area (Å²) in [4.78, 5) is 27.7. The molecular formula is C28H25ClN6O2. The normalized spacial score (nSPS) is 17.0. The molecule has 0 spiro atoms. The second-order valence-corrected chi connectivity index (χ2v) is 9.81. The van der Waals surface area contributed by atoms with Crippen molar-refractivity contribution in [3.8, 4) is 34.9 Å². The maximum atomic E-state index is 12.3. The first-order valence-electron chi connectivity index (χ1n) is 12.3. The minimum atomic E-state index is -0.158. The van der Waals surface area contributed by atoms with Crippen LogP contribution in [0.3, 0.4) is 0 Å². The number of likely N-dealkylation sites (tertiary alicyclic amines) is 1. The van der Waals surface area contributed by atoms with Crippen LogP contribution in [0.5, 0.6) is 11.6 Å². The van der Waals surface area contributed by atoms with Crippen molar-refractivity contribution in [1.29, 1.82) is 0 Å². The molecule has 1 atom stereocenters. The molecule has 1 saturated heterocycles. The van der Waals surface area contributed by atoms with E-state index in [1.165, 1.54) is 18.4 Å². The van der Waals surface area contributed by atoms with E-state index >= 15 is 0 Å². The van der Waals surface area contributed by atoms with Gasteiger partial charge < -0.3 is 15.4 Å². The molecule has 1 aliphatic heterocycles. The Hall–Kier alpha value is -4.09. The maximum Gasteiger partial charge on any atom is 0.298 e. The van der Waals surface area contributed by atoms with Gasteiger partial charge in [0, 0.05) is 43.0 Å². The number of hydrogen-bond donors (Lipinski definition) is 1. The van der Waals surface area contributed by atoms with Crippen LogP contribution in [-0.2, 0) is 4.79 Å². The summed E-state index contributed by atoms with van der Waals surface area (Å²) in [6.45, 7) is 2.86. The Morgan fingerprint density at radius 3 is 2.73 bits per heavy atom. The molecule has 8 nitrogen and oxygen atoms in total. The number of rotatable bonds is 5. The van der Waals surface area contributed by atoms with Gasteiger partial charge in [-0.05, 0) is 73.9 Å². The van der Waals surface area contributed by atoms with E-state index in [0.717, 1.165) is 23.2 Å². The van der Waals surface area contributed by atoms with Crippen molar-refractivity contribution in [3.05, 3.63) is 65.1 Å². The van der Waals surface area contributed by atoms with Crippen molar-refractivity contribution in [2.75, 3.05) is 18.8 Å². The number of nitrogen functional groups attached to an aromatic ring is 1. The number of halogens is 1. The molecule has 6 rings (SSSR count). The lowest BCUT2D eigenvalue weighted by molar-refractivity contribution is -0.124. The predicted molar refractivity (Wildman–Crippen MR) is 142 cm³/mol. The number of fused-ring (bicyclic) bond motifs is 1. The number of carbonyl (C=O) groups excluding carboxylic acids is 1. The van der Waals surface area contributed by atoms with Crippen LogP contribution in [0.2, 0.25) is 5.02 Å². The number of carbonyl (C=O) groups is 1. The number of ether oxygens (including phenoxy) is 1. The average Bonchev–Trinajstić information content (AvgIpc) is 3.50. The van der Waals surface area contributed by atoms with E-state index in [0.29, 0.717) is 47.4 Å². The number of anilines is 1. The second kappa shape index (κ2) is 9.41. The molecule has 0 bridgehead atoms. The van der Waals surface area contributed by atoms with Gasteiger partial charge in [0.05, 0.1) is 16.2 Å². The highest BCUT2D eigenvalue weighted by Crippen LogP contribution is 2.41. The van der Waals surface area contributed by atoms with Crippen molar-refractivity contribution in [1.82, 2.24) is 24.3 Å². The molecule has 1 saturated carbocycles. The molecule has 2 aliphatic rings. The number of benzene rings is 1. The molecule has 0 radical (unpaired) electrons. The van der Waals surface area contributed by atoms with Gasteiger partial charge in [-0.2, -0.15) is 0 Å². The third kappa shape index (κ3) is 4.47. The highest BCUT2D eigenvalue weighted by Gasteiger charge is 2.31. The summed E-state index contributed by atoms with van der Waals surface area (Å²) in [5.74, 6) is 7.82. The number of nitrogens with two attached hydrogens (primary N) is 1. The molecule has 37 heavy (non-hydrogen) atoms. The van der Waals surface area contributed by atoms with Crippen LogP contribution in [0.25, 0.3) is 16.9 Å². The lowest BCUT2D eigenvalue weighted by Crippen LogP contribution is -2.26. The molecule has 2 N–H and O–H groups in total. The molecule has 2 fully saturated rings. The molecule has 9 heteroatoms. The van der Waals surface area contributed by atoms with Gasteiger partial charge in [0.25, 0.3) is 5.91 Å². The van der Waals surface area contributed by atoms with Crippen LogP contribution >= 0.6 is 11.6 Å². The topological polar surface area (TPSA) is 98.6 Å². The van der Waals surface area contributed by atoms with Gasteiger partial charge in [0.15, 0.2) is 0 Å². The van der Waals surface area contributed by atoms with E-state index < -0.39 is 0 Å². The number of imidazole rings is 1. The molecule has 3 aromatic heterocycles. The molecule has 1 amide bonds. The second-order valence-electron chi connectivity index (χ2n) is 9.41. The van der Waals surface area contributed by atoms with E-state index in [9.17, 15) is 4.79 Å². The highest BCUT2D eigenvalue weighted by atomic mass is 35.5. The summed E-state index contributed by atoms with van der Waals surface area (Å²) >= 11 is 6.66. The molecule has 186 valence electrons. The Morgan fingerprint density at radius 1 is 1.11 bits per heavy atom. The molecule has 1 aliphatic carbocycles. The van der Waals surface area contributed by atoms with Gasteiger partial charge >= 0.3 is 0 Å². The summed E-state index contributed by atoms with van der Waals surface area (Å²) in [5.41, 5.74) is 10.1. The van der Waals surface area contributed by atoms with E-state index in [1.54, 1.807) is 24.2 Å². The SMILES string of the molecule is CC#CC(=O)N1CCC(c2nc(-c3ccc(Oc4cc(C5CC5)ccn4)c(Cl)c3)n3c(N)nccc23)C1. The summed E-state index contributed by atoms with van der Waals surface area (Å²) in [6, 6.07) is 11.4. The van der Waals surface area contributed by atoms with Crippen LogP contribution in [0.15, 0.2) is 48.8 Å². The van der Waals surface area contributed by atoms with Crippen molar-refractivity contribution in [2.45, 2.75) is 38.0 Å². The van der Waals surface area contributed by atoms with Crippen molar-refractivity contribution in [2.24, 2.45) is 0 Å². The molecule has 1 unspecified atom stereocenters.